The fourth-order valence-corrected chi connectivity index (χ4v) is 2.14. The zero-order valence-corrected chi connectivity index (χ0v) is 14.6. The van der Waals surface area contributed by atoms with Crippen molar-refractivity contribution < 1.29 is 14.3 Å². The van der Waals surface area contributed by atoms with E-state index in [1.807, 2.05) is 30.3 Å². The molecule has 0 saturated heterocycles. The molecule has 0 fully saturated rings. The van der Waals surface area contributed by atoms with E-state index in [-0.39, 0.29) is 18.2 Å². The molecule has 2 amide bonds. The number of amides is 2. The molecule has 0 aliphatic rings. The Morgan fingerprint density at radius 1 is 0.960 bits per heavy atom. The lowest BCUT2D eigenvalue weighted by Gasteiger charge is -2.10. The van der Waals surface area contributed by atoms with Gasteiger partial charge in [-0.2, -0.15) is 0 Å². The molecule has 0 spiro atoms. The maximum atomic E-state index is 12.0. The van der Waals surface area contributed by atoms with Crippen molar-refractivity contribution in [3.63, 3.8) is 0 Å². The van der Waals surface area contributed by atoms with E-state index >= 15 is 0 Å². The first-order valence-electron chi connectivity index (χ1n) is 8.40. The number of ether oxygens (including phenoxy) is 1. The molecule has 132 valence electrons. The van der Waals surface area contributed by atoms with Crippen molar-refractivity contribution >= 4 is 11.8 Å². The first kappa shape index (κ1) is 18.5. The van der Waals surface area contributed by atoms with E-state index in [1.54, 1.807) is 24.3 Å². The summed E-state index contributed by atoms with van der Waals surface area (Å²) < 4.78 is 5.61. The third-order valence-electron chi connectivity index (χ3n) is 3.60. The second-order valence-electron chi connectivity index (χ2n) is 6.22. The van der Waals surface area contributed by atoms with Crippen molar-refractivity contribution in [3.8, 4) is 5.75 Å². The fourth-order valence-electron chi connectivity index (χ4n) is 2.14. The van der Waals surface area contributed by atoms with Crippen molar-refractivity contribution in [2.45, 2.75) is 26.7 Å². The van der Waals surface area contributed by atoms with Crippen LogP contribution in [0.15, 0.2) is 54.6 Å². The Labute approximate surface area is 148 Å². The minimum Gasteiger partial charge on any atom is -0.494 e. The monoisotopic (exact) mass is 340 g/mol. The average molecular weight is 340 g/mol. The van der Waals surface area contributed by atoms with Gasteiger partial charge in [-0.3, -0.25) is 20.4 Å². The standard InChI is InChI=1S/C20H24N2O3/c1-15(2)12-13-25-18-10-8-17(9-11-18)20(24)22-21-19(23)14-16-6-4-3-5-7-16/h3-11,15H,12-14H2,1-2H3,(H,21,23)(H,22,24). The van der Waals surface area contributed by atoms with E-state index in [9.17, 15) is 9.59 Å². The number of benzene rings is 2. The first-order chi connectivity index (χ1) is 12.0. The molecule has 2 N–H and O–H groups in total. The molecule has 2 aromatic rings. The summed E-state index contributed by atoms with van der Waals surface area (Å²) in [5.41, 5.74) is 6.18. The van der Waals surface area contributed by atoms with Crippen molar-refractivity contribution in [3.05, 3.63) is 65.7 Å². The van der Waals surface area contributed by atoms with Crippen molar-refractivity contribution in [1.29, 1.82) is 0 Å². The number of carbonyl (C=O) groups is 2. The number of hydrogen-bond donors (Lipinski definition) is 2. The molecule has 2 rings (SSSR count). The van der Waals surface area contributed by atoms with E-state index in [4.69, 9.17) is 4.74 Å². The van der Waals surface area contributed by atoms with Crippen LogP contribution in [0.25, 0.3) is 0 Å². The minimum absolute atomic E-state index is 0.212. The highest BCUT2D eigenvalue weighted by Gasteiger charge is 2.08. The van der Waals surface area contributed by atoms with Crippen molar-refractivity contribution in [2.75, 3.05) is 6.61 Å². The zero-order valence-electron chi connectivity index (χ0n) is 14.6. The highest BCUT2D eigenvalue weighted by Crippen LogP contribution is 2.13. The lowest BCUT2D eigenvalue weighted by atomic mass is 10.1. The summed E-state index contributed by atoms with van der Waals surface area (Å²) in [5.74, 6) is 0.679. The summed E-state index contributed by atoms with van der Waals surface area (Å²) in [6, 6.07) is 16.2. The van der Waals surface area contributed by atoms with Crippen molar-refractivity contribution in [2.24, 2.45) is 5.92 Å². The molecular weight excluding hydrogens is 316 g/mol. The second kappa shape index (κ2) is 9.47. The third-order valence-corrected chi connectivity index (χ3v) is 3.60. The molecule has 5 nitrogen and oxygen atoms in total. The molecule has 0 aliphatic heterocycles. The Balaban J connectivity index is 1.77. The molecule has 0 radical (unpaired) electrons. The number of hydrogen-bond acceptors (Lipinski definition) is 3. The van der Waals surface area contributed by atoms with E-state index in [1.165, 1.54) is 0 Å². The zero-order chi connectivity index (χ0) is 18.1. The van der Waals surface area contributed by atoms with Gasteiger partial charge in [0.05, 0.1) is 13.0 Å². The summed E-state index contributed by atoms with van der Waals surface area (Å²) in [4.78, 5) is 23.9. The van der Waals surface area contributed by atoms with Gasteiger partial charge in [0.2, 0.25) is 5.91 Å². The molecule has 0 aromatic heterocycles. The van der Waals surface area contributed by atoms with E-state index < -0.39 is 0 Å². The van der Waals surface area contributed by atoms with Crippen LogP contribution in [-0.2, 0) is 11.2 Å². The molecule has 0 saturated carbocycles. The Hall–Kier alpha value is -2.82. The van der Waals surface area contributed by atoms with Crippen LogP contribution in [0, 0.1) is 5.92 Å². The predicted molar refractivity (Wildman–Crippen MR) is 97.1 cm³/mol. The van der Waals surface area contributed by atoms with E-state index in [0.29, 0.717) is 18.1 Å². The highest BCUT2D eigenvalue weighted by atomic mass is 16.5. The smallest absolute Gasteiger partial charge is 0.269 e. The minimum atomic E-state index is -0.366. The summed E-state index contributed by atoms with van der Waals surface area (Å²) in [7, 11) is 0. The summed E-state index contributed by atoms with van der Waals surface area (Å²) >= 11 is 0. The van der Waals surface area contributed by atoms with E-state index in [2.05, 4.69) is 24.7 Å². The van der Waals surface area contributed by atoms with Gasteiger partial charge < -0.3 is 4.74 Å². The van der Waals surface area contributed by atoms with Gasteiger partial charge in [0.25, 0.3) is 5.91 Å². The van der Waals surface area contributed by atoms with Gasteiger partial charge in [-0.25, -0.2) is 0 Å². The molecule has 0 bridgehead atoms. The van der Waals surface area contributed by atoms with Gasteiger partial charge in [0.15, 0.2) is 0 Å². The number of hydrazine groups is 1. The Bertz CT molecular complexity index is 682. The average Bonchev–Trinajstić information content (AvgIpc) is 2.61. The molecule has 25 heavy (non-hydrogen) atoms. The number of rotatable bonds is 7. The summed E-state index contributed by atoms with van der Waals surface area (Å²) in [6.07, 6.45) is 1.19. The largest absolute Gasteiger partial charge is 0.494 e. The fraction of sp³-hybridized carbons (Fsp3) is 0.300. The Kier molecular flexibility index (Phi) is 7.01. The normalized spacial score (nSPS) is 10.4. The van der Waals surface area contributed by atoms with Gasteiger partial charge in [-0.1, -0.05) is 44.2 Å². The first-order valence-corrected chi connectivity index (χ1v) is 8.40. The molecule has 0 unspecified atom stereocenters. The predicted octanol–water partition coefficient (Wildman–Crippen LogP) is 3.12. The van der Waals surface area contributed by atoms with E-state index in [0.717, 1.165) is 17.7 Å². The van der Waals surface area contributed by atoms with Crippen LogP contribution < -0.4 is 15.6 Å². The molecular formula is C20H24N2O3. The molecule has 0 heterocycles. The van der Waals surface area contributed by atoms with Crippen LogP contribution in [0.1, 0.15) is 36.2 Å². The summed E-state index contributed by atoms with van der Waals surface area (Å²) in [5, 5.41) is 0. The highest BCUT2D eigenvalue weighted by molar-refractivity contribution is 5.95. The topological polar surface area (TPSA) is 67.4 Å². The van der Waals surface area contributed by atoms with Crippen LogP contribution in [0.2, 0.25) is 0 Å². The van der Waals surface area contributed by atoms with Crippen molar-refractivity contribution in [1.82, 2.24) is 10.9 Å². The number of nitrogens with one attached hydrogen (secondary N) is 2. The quantitative estimate of drug-likeness (QED) is 0.761. The molecule has 2 aromatic carbocycles. The lowest BCUT2D eigenvalue weighted by molar-refractivity contribution is -0.121. The third kappa shape index (κ3) is 6.67. The van der Waals surface area contributed by atoms with Gasteiger partial charge in [-0.05, 0) is 42.2 Å². The van der Waals surface area contributed by atoms with Gasteiger partial charge >= 0.3 is 0 Å². The SMILES string of the molecule is CC(C)CCOc1ccc(C(=O)NNC(=O)Cc2ccccc2)cc1. The van der Waals surface area contributed by atoms with Crippen LogP contribution in [0.5, 0.6) is 5.75 Å². The molecule has 5 heteroatoms. The Morgan fingerprint density at radius 2 is 1.64 bits per heavy atom. The molecule has 0 atom stereocenters. The second-order valence-corrected chi connectivity index (χ2v) is 6.22. The Morgan fingerprint density at radius 3 is 2.28 bits per heavy atom. The van der Waals surface area contributed by atoms with Gasteiger partial charge in [0, 0.05) is 5.56 Å². The van der Waals surface area contributed by atoms with Gasteiger partial charge in [-0.15, -0.1) is 0 Å². The number of carbonyl (C=O) groups excluding carboxylic acids is 2. The maximum Gasteiger partial charge on any atom is 0.269 e. The van der Waals surface area contributed by atoms with Crippen LogP contribution in [-0.4, -0.2) is 18.4 Å². The van der Waals surface area contributed by atoms with Gasteiger partial charge in [0.1, 0.15) is 5.75 Å². The maximum absolute atomic E-state index is 12.0. The van der Waals surface area contributed by atoms with Crippen LogP contribution in [0.4, 0.5) is 0 Å². The summed E-state index contributed by atoms with van der Waals surface area (Å²) in [6.45, 7) is 4.94. The molecule has 0 aliphatic carbocycles. The lowest BCUT2D eigenvalue weighted by Crippen LogP contribution is -2.42. The van der Waals surface area contributed by atoms with Crippen LogP contribution >= 0.6 is 0 Å². The van der Waals surface area contributed by atoms with Crippen LogP contribution in [0.3, 0.4) is 0 Å².